The van der Waals surface area contributed by atoms with Gasteiger partial charge in [0.05, 0.1) is 11.8 Å². The number of rotatable bonds is 5. The number of carbonyl (C=O) groups is 1. The minimum atomic E-state index is -0.553. The van der Waals surface area contributed by atoms with Crippen molar-refractivity contribution in [3.05, 3.63) is 29.8 Å². The fraction of sp³-hybridized carbons (Fsp3) is 0.571. The molecule has 1 fully saturated rings. The highest BCUT2D eigenvalue weighted by Crippen LogP contribution is 2.25. The normalized spacial score (nSPS) is 15.7. The van der Waals surface area contributed by atoms with Crippen molar-refractivity contribution in [3.8, 4) is 0 Å². The monoisotopic (exact) mass is 265 g/mol. The Kier molecular flexibility index (Phi) is 4.85. The van der Waals surface area contributed by atoms with Crippen LogP contribution in [0.2, 0.25) is 0 Å². The molecule has 1 amide bonds. The second-order valence-electron chi connectivity index (χ2n) is 4.93. The van der Waals surface area contributed by atoms with Gasteiger partial charge in [-0.2, -0.15) is 0 Å². The van der Waals surface area contributed by atoms with E-state index in [4.69, 9.17) is 5.73 Å². The zero-order valence-corrected chi connectivity index (χ0v) is 11.0. The van der Waals surface area contributed by atoms with Crippen LogP contribution >= 0.6 is 0 Å². The highest BCUT2D eigenvalue weighted by atomic mass is 19.1. The first-order chi connectivity index (χ1) is 9.24. The Balaban J connectivity index is 2.17. The van der Waals surface area contributed by atoms with E-state index in [1.807, 2.05) is 0 Å². The van der Waals surface area contributed by atoms with E-state index < -0.39 is 5.82 Å². The topological polar surface area (TPSA) is 59.2 Å². The standard InChI is InChI=1S/C14H20FN3O/c15-13-10-17-8-6-12(13)14(19)18(9-3-7-16)11-4-1-2-5-11/h6,8,10-11H,1-5,7,9,16H2. The predicted molar refractivity (Wildman–Crippen MR) is 71.2 cm³/mol. The first-order valence-corrected chi connectivity index (χ1v) is 6.84. The molecule has 0 radical (unpaired) electrons. The zero-order chi connectivity index (χ0) is 13.7. The summed E-state index contributed by atoms with van der Waals surface area (Å²) in [5.41, 5.74) is 5.63. The molecule has 19 heavy (non-hydrogen) atoms. The average Bonchev–Trinajstić information content (AvgIpc) is 2.93. The molecular formula is C14H20FN3O. The van der Waals surface area contributed by atoms with E-state index in [0.29, 0.717) is 13.1 Å². The van der Waals surface area contributed by atoms with Gasteiger partial charge in [-0.1, -0.05) is 12.8 Å². The first kappa shape index (κ1) is 13.9. The van der Waals surface area contributed by atoms with Crippen LogP contribution in [0.15, 0.2) is 18.5 Å². The van der Waals surface area contributed by atoms with Gasteiger partial charge in [0.2, 0.25) is 0 Å². The van der Waals surface area contributed by atoms with Gasteiger partial charge in [0.25, 0.3) is 5.91 Å². The SMILES string of the molecule is NCCCN(C(=O)c1ccncc1F)C1CCCC1. The third-order valence-corrected chi connectivity index (χ3v) is 3.63. The molecule has 1 aliphatic rings. The highest BCUT2D eigenvalue weighted by Gasteiger charge is 2.28. The summed E-state index contributed by atoms with van der Waals surface area (Å²) in [6.45, 7) is 1.14. The fourth-order valence-corrected chi connectivity index (χ4v) is 2.63. The number of amides is 1. The van der Waals surface area contributed by atoms with Crippen LogP contribution in [0.4, 0.5) is 4.39 Å². The summed E-state index contributed by atoms with van der Waals surface area (Å²) in [6, 6.07) is 1.67. The van der Waals surface area contributed by atoms with E-state index in [1.54, 1.807) is 4.90 Å². The van der Waals surface area contributed by atoms with Crippen LogP contribution in [0, 0.1) is 5.82 Å². The van der Waals surface area contributed by atoms with Crippen LogP contribution in [-0.2, 0) is 0 Å². The summed E-state index contributed by atoms with van der Waals surface area (Å²) < 4.78 is 13.7. The summed E-state index contributed by atoms with van der Waals surface area (Å²) in [5.74, 6) is -0.788. The molecule has 0 aliphatic heterocycles. The van der Waals surface area contributed by atoms with E-state index in [-0.39, 0.29) is 17.5 Å². The van der Waals surface area contributed by atoms with Gasteiger partial charge in [0.15, 0.2) is 5.82 Å². The molecule has 1 aromatic rings. The van der Waals surface area contributed by atoms with Gasteiger partial charge in [0.1, 0.15) is 0 Å². The summed E-state index contributed by atoms with van der Waals surface area (Å²) in [6.07, 6.45) is 7.56. The molecule has 4 nitrogen and oxygen atoms in total. The largest absolute Gasteiger partial charge is 0.336 e. The van der Waals surface area contributed by atoms with Gasteiger partial charge in [-0.05, 0) is 31.9 Å². The van der Waals surface area contributed by atoms with Crippen molar-refractivity contribution in [2.75, 3.05) is 13.1 Å². The Hall–Kier alpha value is -1.49. The number of nitrogens with zero attached hydrogens (tertiary/aromatic N) is 2. The molecular weight excluding hydrogens is 245 g/mol. The minimum absolute atomic E-state index is 0.110. The van der Waals surface area contributed by atoms with Crippen molar-refractivity contribution in [2.24, 2.45) is 5.73 Å². The van der Waals surface area contributed by atoms with Gasteiger partial charge in [-0.15, -0.1) is 0 Å². The molecule has 1 saturated carbocycles. The Bertz CT molecular complexity index is 432. The quantitative estimate of drug-likeness (QED) is 0.885. The summed E-state index contributed by atoms with van der Waals surface area (Å²) in [7, 11) is 0. The number of hydrogen-bond acceptors (Lipinski definition) is 3. The van der Waals surface area contributed by atoms with E-state index >= 15 is 0 Å². The van der Waals surface area contributed by atoms with Crippen LogP contribution in [0.5, 0.6) is 0 Å². The van der Waals surface area contributed by atoms with Gasteiger partial charge in [0, 0.05) is 18.8 Å². The lowest BCUT2D eigenvalue weighted by molar-refractivity contribution is 0.0675. The van der Waals surface area contributed by atoms with E-state index in [0.717, 1.165) is 38.3 Å². The van der Waals surface area contributed by atoms with Crippen molar-refractivity contribution in [2.45, 2.75) is 38.1 Å². The van der Waals surface area contributed by atoms with E-state index in [1.165, 1.54) is 12.3 Å². The Morgan fingerprint density at radius 2 is 2.21 bits per heavy atom. The van der Waals surface area contributed by atoms with Crippen LogP contribution in [-0.4, -0.2) is 34.9 Å². The molecule has 1 aliphatic carbocycles. The second-order valence-corrected chi connectivity index (χ2v) is 4.93. The Morgan fingerprint density at radius 3 is 2.84 bits per heavy atom. The molecule has 1 heterocycles. The second kappa shape index (κ2) is 6.61. The smallest absolute Gasteiger partial charge is 0.257 e. The van der Waals surface area contributed by atoms with Crippen LogP contribution in [0.3, 0.4) is 0 Å². The van der Waals surface area contributed by atoms with Gasteiger partial charge in [-0.25, -0.2) is 4.39 Å². The summed E-state index contributed by atoms with van der Waals surface area (Å²) >= 11 is 0. The molecule has 5 heteroatoms. The van der Waals surface area contributed by atoms with E-state index in [9.17, 15) is 9.18 Å². The maximum absolute atomic E-state index is 13.7. The van der Waals surface area contributed by atoms with Crippen molar-refractivity contribution < 1.29 is 9.18 Å². The Labute approximate surface area is 112 Å². The average molecular weight is 265 g/mol. The van der Waals surface area contributed by atoms with Crippen molar-refractivity contribution in [1.29, 1.82) is 0 Å². The molecule has 104 valence electrons. The van der Waals surface area contributed by atoms with Gasteiger partial charge >= 0.3 is 0 Å². The molecule has 0 atom stereocenters. The van der Waals surface area contributed by atoms with Crippen molar-refractivity contribution in [1.82, 2.24) is 9.88 Å². The maximum Gasteiger partial charge on any atom is 0.257 e. The van der Waals surface area contributed by atoms with Gasteiger partial charge in [-0.3, -0.25) is 9.78 Å². The highest BCUT2D eigenvalue weighted by molar-refractivity contribution is 5.94. The number of carbonyl (C=O) groups excluding carboxylic acids is 1. The van der Waals surface area contributed by atoms with Crippen molar-refractivity contribution in [3.63, 3.8) is 0 Å². The molecule has 2 rings (SSSR count). The molecule has 0 spiro atoms. The van der Waals surface area contributed by atoms with Crippen LogP contribution in [0.25, 0.3) is 0 Å². The van der Waals surface area contributed by atoms with Crippen LogP contribution < -0.4 is 5.73 Å². The maximum atomic E-state index is 13.7. The molecule has 2 N–H and O–H groups in total. The Morgan fingerprint density at radius 1 is 1.47 bits per heavy atom. The van der Waals surface area contributed by atoms with Crippen LogP contribution in [0.1, 0.15) is 42.5 Å². The van der Waals surface area contributed by atoms with Gasteiger partial charge < -0.3 is 10.6 Å². The lowest BCUT2D eigenvalue weighted by Gasteiger charge is -2.29. The lowest BCUT2D eigenvalue weighted by Crippen LogP contribution is -2.40. The molecule has 0 unspecified atom stereocenters. The molecule has 0 bridgehead atoms. The van der Waals surface area contributed by atoms with Crippen molar-refractivity contribution >= 4 is 5.91 Å². The molecule has 0 aromatic carbocycles. The number of aromatic nitrogens is 1. The minimum Gasteiger partial charge on any atom is -0.336 e. The summed E-state index contributed by atoms with van der Waals surface area (Å²) in [4.78, 5) is 17.9. The summed E-state index contributed by atoms with van der Waals surface area (Å²) in [5, 5.41) is 0. The first-order valence-electron chi connectivity index (χ1n) is 6.84. The lowest BCUT2D eigenvalue weighted by atomic mass is 10.1. The number of pyridine rings is 1. The molecule has 1 aromatic heterocycles. The predicted octanol–water partition coefficient (Wildman–Crippen LogP) is 1.95. The number of nitrogens with two attached hydrogens (primary N) is 1. The third kappa shape index (κ3) is 3.29. The van der Waals surface area contributed by atoms with E-state index in [2.05, 4.69) is 4.98 Å². The third-order valence-electron chi connectivity index (χ3n) is 3.63. The number of hydrogen-bond donors (Lipinski definition) is 1. The molecule has 0 saturated heterocycles. The number of halogens is 1. The fourth-order valence-electron chi connectivity index (χ4n) is 2.63. The zero-order valence-electron chi connectivity index (χ0n) is 11.0.